The fraction of sp³-hybridized carbons (Fsp3) is 1.00. The average molecular weight is 182 g/mol. The minimum Gasteiger partial charge on any atom is -1.00 e. The zero-order valence-corrected chi connectivity index (χ0v) is 6.80. The Morgan fingerprint density at radius 2 is 2.09 bits per heavy atom. The van der Waals surface area contributed by atoms with Gasteiger partial charge in [-0.2, -0.15) is 8.42 Å². The minimum absolute atomic E-state index is 0. The van der Waals surface area contributed by atoms with Crippen LogP contribution in [0.1, 0.15) is 1.43 Å². The van der Waals surface area contributed by atoms with Gasteiger partial charge in [-0.05, 0) is 0 Å². The second-order valence-electron chi connectivity index (χ2n) is 1.26. The fourth-order valence-electron chi connectivity index (χ4n) is 0.208. The van der Waals surface area contributed by atoms with Gasteiger partial charge in [0.05, 0.1) is 6.61 Å². The molecule has 0 fully saturated rings. The number of hydrogen-bond acceptors (Lipinski definition) is 4. The van der Waals surface area contributed by atoms with Gasteiger partial charge in [0.15, 0.2) is 6.79 Å². The normalized spacial score (nSPS) is 10.7. The van der Waals surface area contributed by atoms with Crippen molar-refractivity contribution < 1.29 is 46.6 Å². The molecule has 0 aromatic heterocycles. The Balaban J connectivity index is -0.000000405. The van der Waals surface area contributed by atoms with Crippen LogP contribution in [0, 0.1) is 0 Å². The zero-order chi connectivity index (χ0) is 8.04. The van der Waals surface area contributed by atoms with E-state index in [2.05, 4.69) is 8.92 Å². The van der Waals surface area contributed by atoms with E-state index in [0.29, 0.717) is 0 Å². The molecule has 5 nitrogen and oxygen atoms in total. The second kappa shape index (κ2) is 7.03. The molecule has 0 radical (unpaired) electrons. The topological polar surface area (TPSA) is 72.8 Å². The maximum Gasteiger partial charge on any atom is 1.00 e. The van der Waals surface area contributed by atoms with E-state index in [1.54, 1.807) is 0 Å². The van der Waals surface area contributed by atoms with Crippen LogP contribution in [-0.4, -0.2) is 33.0 Å². The molecule has 0 rings (SSSR count). The molecule has 0 aromatic rings. The molecule has 0 atom stereocenters. The van der Waals surface area contributed by atoms with Crippen LogP contribution < -0.4 is 18.9 Å². The first kappa shape index (κ1) is 13.9. The van der Waals surface area contributed by atoms with Gasteiger partial charge in [-0.25, -0.2) is 8.57 Å². The molecule has 64 valence electrons. The first-order valence-electron chi connectivity index (χ1n) is 2.32. The van der Waals surface area contributed by atoms with E-state index in [1.807, 2.05) is 0 Å². The summed E-state index contributed by atoms with van der Waals surface area (Å²) >= 11 is 0. The Hall–Kier alpha value is 0.357. The summed E-state index contributed by atoms with van der Waals surface area (Å²) in [6.07, 6.45) is 0. The molecule has 1 N–H and O–H groups in total. The SMILES string of the molecule is O=S(=O)(O)OCOCCF.[H-].[Li+]. The summed E-state index contributed by atoms with van der Waals surface area (Å²) in [4.78, 5) is 0. The van der Waals surface area contributed by atoms with Crippen LogP contribution in [0.25, 0.3) is 0 Å². The van der Waals surface area contributed by atoms with E-state index in [4.69, 9.17) is 4.55 Å². The Morgan fingerprint density at radius 3 is 2.45 bits per heavy atom. The van der Waals surface area contributed by atoms with Crippen LogP contribution in [0.3, 0.4) is 0 Å². The molecule has 0 bridgehead atoms. The van der Waals surface area contributed by atoms with Crippen LogP contribution in [0.2, 0.25) is 0 Å². The molecule has 8 heteroatoms. The van der Waals surface area contributed by atoms with E-state index in [9.17, 15) is 12.8 Å². The predicted octanol–water partition coefficient (Wildman–Crippen LogP) is -3.13. The van der Waals surface area contributed by atoms with Crippen molar-refractivity contribution in [3.8, 4) is 0 Å². The van der Waals surface area contributed by atoms with Crippen molar-refractivity contribution in [3.05, 3.63) is 0 Å². The number of rotatable bonds is 5. The summed E-state index contributed by atoms with van der Waals surface area (Å²) in [6, 6.07) is 0. The maximum absolute atomic E-state index is 11.2. The van der Waals surface area contributed by atoms with E-state index >= 15 is 0 Å². The Bertz CT molecular complexity index is 174. The molecule has 0 aromatic carbocycles. The Morgan fingerprint density at radius 1 is 1.55 bits per heavy atom. The monoisotopic (exact) mass is 182 g/mol. The molecule has 0 aliphatic carbocycles. The minimum atomic E-state index is -4.45. The maximum atomic E-state index is 11.2. The summed E-state index contributed by atoms with van der Waals surface area (Å²) < 4.78 is 46.5. The summed E-state index contributed by atoms with van der Waals surface area (Å²) in [7, 11) is -4.45. The van der Waals surface area contributed by atoms with Crippen molar-refractivity contribution in [1.29, 1.82) is 0 Å². The van der Waals surface area contributed by atoms with Gasteiger partial charge >= 0.3 is 29.3 Å². The fourth-order valence-corrected chi connectivity index (χ4v) is 0.398. The van der Waals surface area contributed by atoms with Gasteiger partial charge in [-0.3, -0.25) is 4.55 Å². The van der Waals surface area contributed by atoms with E-state index in [-0.39, 0.29) is 26.9 Å². The zero-order valence-electron chi connectivity index (χ0n) is 6.99. The van der Waals surface area contributed by atoms with Gasteiger partial charge in [0, 0.05) is 0 Å². The van der Waals surface area contributed by atoms with E-state index < -0.39 is 23.9 Å². The molecule has 11 heavy (non-hydrogen) atoms. The van der Waals surface area contributed by atoms with Crippen molar-refractivity contribution in [3.63, 3.8) is 0 Å². The van der Waals surface area contributed by atoms with Crippen molar-refractivity contribution in [1.82, 2.24) is 0 Å². The van der Waals surface area contributed by atoms with Crippen LogP contribution in [0.4, 0.5) is 4.39 Å². The number of alkyl halides is 1. The Labute approximate surface area is 77.5 Å². The molecule has 0 aliphatic rings. The standard InChI is InChI=1S/C3H7FO5S.Li.H/c4-1-2-8-3-9-10(5,6)7;;/h1-3H2,(H,5,6,7);;/q;+1;-1. The van der Waals surface area contributed by atoms with Gasteiger partial charge in [0.25, 0.3) is 0 Å². The summed E-state index contributed by atoms with van der Waals surface area (Å²) in [5, 5.41) is 0. The number of hydrogen-bond donors (Lipinski definition) is 1. The third-order valence-corrected chi connectivity index (χ3v) is 0.896. The van der Waals surface area contributed by atoms with E-state index in [0.717, 1.165) is 0 Å². The van der Waals surface area contributed by atoms with Gasteiger partial charge in [-0.1, -0.05) is 0 Å². The summed E-state index contributed by atoms with van der Waals surface area (Å²) in [6.45, 7) is -1.65. The van der Waals surface area contributed by atoms with E-state index in [1.165, 1.54) is 0 Å². The van der Waals surface area contributed by atoms with Crippen molar-refractivity contribution in [2.45, 2.75) is 0 Å². The van der Waals surface area contributed by atoms with Crippen LogP contribution in [0.5, 0.6) is 0 Å². The molecule has 0 aliphatic heterocycles. The molecule has 0 saturated heterocycles. The van der Waals surface area contributed by atoms with Gasteiger partial charge in [0.1, 0.15) is 6.67 Å². The molecule has 0 amide bonds. The van der Waals surface area contributed by atoms with Crippen LogP contribution >= 0.6 is 0 Å². The summed E-state index contributed by atoms with van der Waals surface area (Å²) in [5.74, 6) is 0. The van der Waals surface area contributed by atoms with Crippen LogP contribution in [0.15, 0.2) is 0 Å². The van der Waals surface area contributed by atoms with Crippen molar-refractivity contribution in [2.24, 2.45) is 0 Å². The first-order chi connectivity index (χ1) is 4.56. The Kier molecular flexibility index (Phi) is 8.89. The number of halogens is 1. The summed E-state index contributed by atoms with van der Waals surface area (Å²) in [5.41, 5.74) is 0. The predicted molar refractivity (Wildman–Crippen MR) is 30.5 cm³/mol. The van der Waals surface area contributed by atoms with Crippen LogP contribution in [-0.2, 0) is 19.3 Å². The molecular weight excluding hydrogens is 174 g/mol. The largest absolute Gasteiger partial charge is 1.00 e. The quantitative estimate of drug-likeness (QED) is 0.210. The van der Waals surface area contributed by atoms with Crippen molar-refractivity contribution >= 4 is 10.4 Å². The van der Waals surface area contributed by atoms with Gasteiger partial charge in [0.2, 0.25) is 0 Å². The molecule has 0 saturated carbocycles. The molecule has 0 heterocycles. The van der Waals surface area contributed by atoms with Gasteiger partial charge < -0.3 is 6.16 Å². The third-order valence-electron chi connectivity index (χ3n) is 0.502. The number of ether oxygens (including phenoxy) is 1. The molecular formula is C3H8FLiO5S. The van der Waals surface area contributed by atoms with Crippen molar-refractivity contribution in [2.75, 3.05) is 20.1 Å². The molecule has 0 spiro atoms. The smallest absolute Gasteiger partial charge is 1.00 e. The first-order valence-corrected chi connectivity index (χ1v) is 3.68. The third kappa shape index (κ3) is 13.4. The average Bonchev–Trinajstić information content (AvgIpc) is 1.78. The second-order valence-corrected chi connectivity index (χ2v) is 2.35. The van der Waals surface area contributed by atoms with Gasteiger partial charge in [-0.15, -0.1) is 0 Å². The molecule has 0 unspecified atom stereocenters.